The van der Waals surface area contributed by atoms with Gasteiger partial charge in [-0.05, 0) is 59.0 Å². The van der Waals surface area contributed by atoms with E-state index in [4.69, 9.17) is 4.42 Å². The lowest BCUT2D eigenvalue weighted by Crippen LogP contribution is -2.41. The van der Waals surface area contributed by atoms with E-state index in [2.05, 4.69) is 31.4 Å². The zero-order valence-corrected chi connectivity index (χ0v) is 16.5. The minimum atomic E-state index is -0.477. The summed E-state index contributed by atoms with van der Waals surface area (Å²) in [6, 6.07) is 19.0. The number of benzene rings is 2. The van der Waals surface area contributed by atoms with Crippen LogP contribution in [-0.2, 0) is 0 Å². The molecule has 0 saturated carbocycles. The SMILES string of the molecule is O=C(NNC(=O)c1cc(-c2ccco2)nc2ccccc12)c1ccc(-n2cnnn2)cc1. The van der Waals surface area contributed by atoms with Gasteiger partial charge in [0.1, 0.15) is 12.0 Å². The highest BCUT2D eigenvalue weighted by atomic mass is 16.3. The minimum absolute atomic E-state index is 0.358. The fraction of sp³-hybridized carbons (Fsp3) is 0. The maximum Gasteiger partial charge on any atom is 0.270 e. The molecule has 0 unspecified atom stereocenters. The standard InChI is InChI=1S/C22H15N7O3/c30-21(14-7-9-15(10-8-14)29-13-23-27-28-29)25-26-22(31)17-12-19(20-6-3-11-32-20)24-18-5-2-1-4-16(17)18/h1-13H,(H,25,30)(H,26,31). The predicted octanol–water partition coefficient (Wildman–Crippen LogP) is 2.55. The lowest BCUT2D eigenvalue weighted by molar-refractivity contribution is 0.0847. The second-order valence-electron chi connectivity index (χ2n) is 6.76. The zero-order chi connectivity index (χ0) is 21.9. The van der Waals surface area contributed by atoms with E-state index in [0.717, 1.165) is 0 Å². The second kappa shape index (κ2) is 8.11. The number of carbonyl (C=O) groups excluding carboxylic acids is 2. The molecule has 0 radical (unpaired) electrons. The summed E-state index contributed by atoms with van der Waals surface area (Å²) in [4.78, 5) is 30.0. The number of para-hydroxylation sites is 1. The Hall–Kier alpha value is -4.86. The van der Waals surface area contributed by atoms with Crippen molar-refractivity contribution < 1.29 is 14.0 Å². The summed E-state index contributed by atoms with van der Waals surface area (Å²) in [6.45, 7) is 0. The van der Waals surface area contributed by atoms with Crippen LogP contribution < -0.4 is 10.9 Å². The summed E-state index contributed by atoms with van der Waals surface area (Å²) in [7, 11) is 0. The lowest BCUT2D eigenvalue weighted by atomic mass is 10.1. The highest BCUT2D eigenvalue weighted by Crippen LogP contribution is 2.25. The molecule has 0 fully saturated rings. The van der Waals surface area contributed by atoms with E-state index in [1.807, 2.05) is 18.2 Å². The monoisotopic (exact) mass is 425 g/mol. The first kappa shape index (κ1) is 19.1. The van der Waals surface area contributed by atoms with E-state index in [-0.39, 0.29) is 0 Å². The molecular weight excluding hydrogens is 410 g/mol. The summed E-state index contributed by atoms with van der Waals surface area (Å²) in [5, 5.41) is 11.6. The second-order valence-corrected chi connectivity index (χ2v) is 6.76. The van der Waals surface area contributed by atoms with E-state index in [1.165, 1.54) is 17.3 Å². The number of aromatic nitrogens is 5. The topological polar surface area (TPSA) is 128 Å². The number of nitrogens with one attached hydrogen (secondary N) is 2. The van der Waals surface area contributed by atoms with Crippen molar-refractivity contribution >= 4 is 22.7 Å². The molecule has 0 bridgehead atoms. The van der Waals surface area contributed by atoms with Crippen LogP contribution in [0, 0.1) is 0 Å². The number of tetrazole rings is 1. The van der Waals surface area contributed by atoms with Crippen molar-refractivity contribution in [1.29, 1.82) is 0 Å². The van der Waals surface area contributed by atoms with E-state index in [1.54, 1.807) is 48.5 Å². The molecule has 0 aliphatic carbocycles. The first-order valence-corrected chi connectivity index (χ1v) is 9.57. The number of rotatable bonds is 4. The summed E-state index contributed by atoms with van der Waals surface area (Å²) >= 11 is 0. The zero-order valence-electron chi connectivity index (χ0n) is 16.5. The molecule has 32 heavy (non-hydrogen) atoms. The fourth-order valence-corrected chi connectivity index (χ4v) is 3.21. The molecule has 0 aliphatic heterocycles. The number of amides is 2. The molecular formula is C22H15N7O3. The smallest absolute Gasteiger partial charge is 0.270 e. The van der Waals surface area contributed by atoms with Crippen LogP contribution in [0.15, 0.2) is 83.7 Å². The third-order valence-corrected chi connectivity index (χ3v) is 4.77. The van der Waals surface area contributed by atoms with Gasteiger partial charge < -0.3 is 4.42 Å². The van der Waals surface area contributed by atoms with Gasteiger partial charge in [0.2, 0.25) is 0 Å². The van der Waals surface area contributed by atoms with E-state index in [9.17, 15) is 9.59 Å². The molecule has 10 nitrogen and oxygen atoms in total. The van der Waals surface area contributed by atoms with Crippen molar-refractivity contribution in [2.45, 2.75) is 0 Å². The Bertz CT molecular complexity index is 1400. The third kappa shape index (κ3) is 3.67. The fourth-order valence-electron chi connectivity index (χ4n) is 3.21. The van der Waals surface area contributed by atoms with Gasteiger partial charge in [0.25, 0.3) is 11.8 Å². The van der Waals surface area contributed by atoms with Crippen LogP contribution in [-0.4, -0.2) is 37.0 Å². The molecule has 3 aromatic heterocycles. The van der Waals surface area contributed by atoms with Gasteiger partial charge in [-0.25, -0.2) is 9.67 Å². The lowest BCUT2D eigenvalue weighted by Gasteiger charge is -2.11. The largest absolute Gasteiger partial charge is 0.463 e. The number of furan rings is 1. The number of hydrazine groups is 1. The van der Waals surface area contributed by atoms with E-state index >= 15 is 0 Å². The highest BCUT2D eigenvalue weighted by Gasteiger charge is 2.16. The molecule has 156 valence electrons. The van der Waals surface area contributed by atoms with Crippen molar-refractivity contribution in [3.63, 3.8) is 0 Å². The van der Waals surface area contributed by atoms with Crippen molar-refractivity contribution in [1.82, 2.24) is 36.0 Å². The molecule has 3 heterocycles. The molecule has 0 saturated heterocycles. The van der Waals surface area contributed by atoms with Gasteiger partial charge in [-0.2, -0.15) is 0 Å². The van der Waals surface area contributed by atoms with Crippen LogP contribution in [0.25, 0.3) is 28.0 Å². The number of hydrogen-bond donors (Lipinski definition) is 2. The maximum absolute atomic E-state index is 12.9. The average Bonchev–Trinajstić information content (AvgIpc) is 3.56. The number of pyridine rings is 1. The van der Waals surface area contributed by atoms with Crippen LogP contribution >= 0.6 is 0 Å². The van der Waals surface area contributed by atoms with Crippen molar-refractivity contribution in [2.24, 2.45) is 0 Å². The van der Waals surface area contributed by atoms with Crippen LogP contribution in [0.5, 0.6) is 0 Å². The summed E-state index contributed by atoms with van der Waals surface area (Å²) in [5.41, 5.74) is 7.48. The highest BCUT2D eigenvalue weighted by molar-refractivity contribution is 6.08. The first-order chi connectivity index (χ1) is 15.7. The van der Waals surface area contributed by atoms with Gasteiger partial charge in [-0.3, -0.25) is 20.4 Å². The number of fused-ring (bicyclic) bond motifs is 1. The Morgan fingerprint density at radius 1 is 0.906 bits per heavy atom. The molecule has 10 heteroatoms. The molecule has 2 amide bonds. The Labute approximate surface area is 180 Å². The van der Waals surface area contributed by atoms with Crippen molar-refractivity contribution in [3.8, 4) is 17.1 Å². The molecule has 0 aliphatic rings. The molecule has 2 aromatic carbocycles. The van der Waals surface area contributed by atoms with Crippen molar-refractivity contribution in [3.05, 3.63) is 90.4 Å². The van der Waals surface area contributed by atoms with E-state index < -0.39 is 11.8 Å². The van der Waals surface area contributed by atoms with Gasteiger partial charge >= 0.3 is 0 Å². The number of nitrogens with zero attached hydrogens (tertiary/aromatic N) is 5. The normalized spacial score (nSPS) is 10.8. The van der Waals surface area contributed by atoms with E-state index in [0.29, 0.717) is 39.2 Å². The van der Waals surface area contributed by atoms with Gasteiger partial charge in [0.15, 0.2) is 5.76 Å². The summed E-state index contributed by atoms with van der Waals surface area (Å²) in [6.07, 6.45) is 2.99. The van der Waals surface area contributed by atoms with Crippen LogP contribution in [0.1, 0.15) is 20.7 Å². The number of carbonyl (C=O) groups is 2. The van der Waals surface area contributed by atoms with Gasteiger partial charge in [0, 0.05) is 10.9 Å². The Balaban J connectivity index is 1.35. The van der Waals surface area contributed by atoms with Crippen LogP contribution in [0.4, 0.5) is 0 Å². The Morgan fingerprint density at radius 2 is 1.72 bits per heavy atom. The van der Waals surface area contributed by atoms with Gasteiger partial charge in [-0.1, -0.05) is 18.2 Å². The molecule has 5 aromatic rings. The maximum atomic E-state index is 12.9. The summed E-state index contributed by atoms with van der Waals surface area (Å²) in [5.74, 6) is -0.405. The quantitative estimate of drug-likeness (QED) is 0.424. The molecule has 0 spiro atoms. The predicted molar refractivity (Wildman–Crippen MR) is 114 cm³/mol. The summed E-state index contributed by atoms with van der Waals surface area (Å²) < 4.78 is 6.88. The molecule has 0 atom stereocenters. The first-order valence-electron chi connectivity index (χ1n) is 9.57. The van der Waals surface area contributed by atoms with Gasteiger partial charge in [-0.15, -0.1) is 5.10 Å². The minimum Gasteiger partial charge on any atom is -0.463 e. The van der Waals surface area contributed by atoms with Crippen LogP contribution in [0.2, 0.25) is 0 Å². The molecule has 2 N–H and O–H groups in total. The Morgan fingerprint density at radius 3 is 2.47 bits per heavy atom. The Kier molecular flexibility index (Phi) is 4.85. The third-order valence-electron chi connectivity index (χ3n) is 4.77. The van der Waals surface area contributed by atoms with Crippen LogP contribution in [0.3, 0.4) is 0 Å². The average molecular weight is 425 g/mol. The number of hydrogen-bond acceptors (Lipinski definition) is 7. The molecule has 5 rings (SSSR count). The van der Waals surface area contributed by atoms with Crippen molar-refractivity contribution in [2.75, 3.05) is 0 Å². The van der Waals surface area contributed by atoms with Gasteiger partial charge in [0.05, 0.1) is 23.0 Å².